The highest BCUT2D eigenvalue weighted by Gasteiger charge is 2.34. The molecule has 0 aromatic carbocycles. The lowest BCUT2D eigenvalue weighted by Gasteiger charge is -2.40. The van der Waals surface area contributed by atoms with Crippen molar-refractivity contribution in [3.05, 3.63) is 59.9 Å². The molecule has 1 aliphatic heterocycles. The quantitative estimate of drug-likeness (QED) is 0.565. The van der Waals surface area contributed by atoms with Gasteiger partial charge in [0.05, 0.1) is 17.3 Å². The van der Waals surface area contributed by atoms with Crippen LogP contribution in [0.25, 0.3) is 11.5 Å². The zero-order valence-corrected chi connectivity index (χ0v) is 18.8. The summed E-state index contributed by atoms with van der Waals surface area (Å²) in [6, 6.07) is 5.44. The summed E-state index contributed by atoms with van der Waals surface area (Å²) >= 11 is 0. The van der Waals surface area contributed by atoms with E-state index in [0.717, 1.165) is 25.1 Å². The van der Waals surface area contributed by atoms with Crippen LogP contribution in [0.4, 0.5) is 19.0 Å². The molecule has 1 aliphatic rings. The molecule has 4 heterocycles. The summed E-state index contributed by atoms with van der Waals surface area (Å²) in [5.41, 5.74) is 0.656. The first-order valence-corrected chi connectivity index (χ1v) is 10.2. The highest BCUT2D eigenvalue weighted by Crippen LogP contribution is 2.30. The first-order chi connectivity index (χ1) is 15.2. The molecule has 1 fully saturated rings. The molecule has 3 aromatic rings. The van der Waals surface area contributed by atoms with Gasteiger partial charge in [0.15, 0.2) is 0 Å². The van der Waals surface area contributed by atoms with Gasteiger partial charge in [-0.1, -0.05) is 0 Å². The van der Waals surface area contributed by atoms with Crippen LogP contribution in [0.1, 0.15) is 41.5 Å². The van der Waals surface area contributed by atoms with Crippen molar-refractivity contribution in [2.45, 2.75) is 44.9 Å². The number of halogens is 4. The van der Waals surface area contributed by atoms with E-state index in [-0.39, 0.29) is 36.1 Å². The number of alkyl halides is 3. The third kappa shape index (κ3) is 5.27. The second-order valence-corrected chi connectivity index (χ2v) is 7.75. The minimum Gasteiger partial charge on any atom is -0.444 e. The molecule has 2 unspecified atom stereocenters. The lowest BCUT2D eigenvalue weighted by Crippen LogP contribution is -2.52. The number of likely N-dealkylation sites (tertiary alicyclic amines) is 1. The van der Waals surface area contributed by atoms with Crippen LogP contribution >= 0.6 is 12.4 Å². The number of oxazole rings is 1. The maximum absolute atomic E-state index is 13.5. The van der Waals surface area contributed by atoms with E-state index in [1.165, 1.54) is 18.5 Å². The average molecular weight is 482 g/mol. The minimum atomic E-state index is -4.44. The van der Waals surface area contributed by atoms with E-state index in [1.807, 2.05) is 6.92 Å². The van der Waals surface area contributed by atoms with Crippen LogP contribution in [-0.2, 0) is 6.18 Å². The summed E-state index contributed by atoms with van der Waals surface area (Å²) in [7, 11) is 0. The maximum atomic E-state index is 13.5. The lowest BCUT2D eigenvalue weighted by molar-refractivity contribution is -0.137. The molecule has 11 heteroatoms. The summed E-state index contributed by atoms with van der Waals surface area (Å²) in [5.74, 6) is 0.397. The van der Waals surface area contributed by atoms with Crippen LogP contribution < -0.4 is 5.32 Å². The van der Waals surface area contributed by atoms with Crippen molar-refractivity contribution < 1.29 is 22.4 Å². The molecule has 2 atom stereocenters. The molecule has 3 aromatic heterocycles. The van der Waals surface area contributed by atoms with E-state index in [1.54, 1.807) is 24.0 Å². The van der Waals surface area contributed by atoms with Gasteiger partial charge in [0.25, 0.3) is 5.91 Å². The van der Waals surface area contributed by atoms with E-state index in [0.29, 0.717) is 29.5 Å². The Morgan fingerprint density at radius 3 is 2.64 bits per heavy atom. The molecule has 0 radical (unpaired) electrons. The Morgan fingerprint density at radius 2 is 2.00 bits per heavy atom. The molecular weight excluding hydrogens is 459 g/mol. The van der Waals surface area contributed by atoms with Crippen molar-refractivity contribution in [3.8, 4) is 11.5 Å². The largest absolute Gasteiger partial charge is 0.444 e. The van der Waals surface area contributed by atoms with Gasteiger partial charge in [-0.3, -0.25) is 4.79 Å². The maximum Gasteiger partial charge on any atom is 0.417 e. The van der Waals surface area contributed by atoms with Crippen LogP contribution in [0, 0.1) is 6.92 Å². The fraction of sp³-hybridized carbons (Fsp3) is 0.364. The first-order valence-electron chi connectivity index (χ1n) is 10.2. The molecular formula is C22H23ClF3N5O2. The standard InChI is InChI=1S/C22H22F3N5O2.ClH/c1-13-5-7-16(20-26-9-11-32-20)19(28-13)21(31)30-10-3-4-17(14(30)2)29-18-8-6-15(12-27-18)22(23,24)25;/h5-9,11-12,14,17H,3-4,10H2,1-2H3,(H,27,29);1H. The number of anilines is 1. The number of carbonyl (C=O) groups excluding carboxylic acids is 1. The molecule has 0 bridgehead atoms. The number of aromatic nitrogens is 3. The highest BCUT2D eigenvalue weighted by atomic mass is 35.5. The van der Waals surface area contributed by atoms with E-state index in [4.69, 9.17) is 4.42 Å². The van der Waals surface area contributed by atoms with Crippen molar-refractivity contribution in [2.24, 2.45) is 0 Å². The van der Waals surface area contributed by atoms with Crippen LogP contribution in [0.5, 0.6) is 0 Å². The van der Waals surface area contributed by atoms with Gasteiger partial charge >= 0.3 is 6.18 Å². The second kappa shape index (κ2) is 9.78. The highest BCUT2D eigenvalue weighted by molar-refractivity contribution is 5.98. The van der Waals surface area contributed by atoms with Crippen molar-refractivity contribution in [1.82, 2.24) is 19.9 Å². The third-order valence-corrected chi connectivity index (χ3v) is 5.57. The predicted octanol–water partition coefficient (Wildman–Crippen LogP) is 4.99. The number of amides is 1. The lowest BCUT2D eigenvalue weighted by atomic mass is 9.96. The fourth-order valence-corrected chi connectivity index (χ4v) is 3.84. The molecule has 1 saturated heterocycles. The number of nitrogens with one attached hydrogen (secondary N) is 1. The van der Waals surface area contributed by atoms with Crippen LogP contribution in [0.2, 0.25) is 0 Å². The van der Waals surface area contributed by atoms with Gasteiger partial charge < -0.3 is 14.6 Å². The summed E-state index contributed by atoms with van der Waals surface area (Å²) in [6.07, 6.45) is 0.788. The van der Waals surface area contributed by atoms with E-state index in [2.05, 4.69) is 20.3 Å². The van der Waals surface area contributed by atoms with Gasteiger partial charge in [-0.25, -0.2) is 15.0 Å². The molecule has 7 nitrogen and oxygen atoms in total. The monoisotopic (exact) mass is 481 g/mol. The number of pyridine rings is 2. The number of piperidine rings is 1. The van der Waals surface area contributed by atoms with Crippen molar-refractivity contribution >= 4 is 24.1 Å². The predicted molar refractivity (Wildman–Crippen MR) is 118 cm³/mol. The summed E-state index contributed by atoms with van der Waals surface area (Å²) in [6.45, 7) is 4.25. The number of hydrogen-bond acceptors (Lipinski definition) is 6. The Morgan fingerprint density at radius 1 is 1.21 bits per heavy atom. The molecule has 0 aliphatic carbocycles. The van der Waals surface area contributed by atoms with Gasteiger partial charge in [0.2, 0.25) is 5.89 Å². The molecule has 176 valence electrons. The van der Waals surface area contributed by atoms with Crippen LogP contribution in [-0.4, -0.2) is 44.4 Å². The van der Waals surface area contributed by atoms with Crippen LogP contribution in [0.15, 0.2) is 47.3 Å². The summed E-state index contributed by atoms with van der Waals surface area (Å²) in [4.78, 5) is 27.7. The number of nitrogens with zero attached hydrogens (tertiary/aromatic N) is 4. The molecule has 1 N–H and O–H groups in total. The van der Waals surface area contributed by atoms with Crippen molar-refractivity contribution in [2.75, 3.05) is 11.9 Å². The zero-order chi connectivity index (χ0) is 22.9. The number of hydrogen-bond donors (Lipinski definition) is 1. The SMILES string of the molecule is Cc1ccc(-c2ncco2)c(C(=O)N2CCCC(Nc3ccc(C(F)(F)F)cn3)C2C)n1.Cl. The number of aryl methyl sites for hydroxylation is 1. The minimum absolute atomic E-state index is 0. The van der Waals surface area contributed by atoms with Crippen LogP contribution in [0.3, 0.4) is 0 Å². The fourth-order valence-electron chi connectivity index (χ4n) is 3.84. The molecule has 0 saturated carbocycles. The van der Waals surface area contributed by atoms with Gasteiger partial charge in [-0.05, 0) is 51.0 Å². The Bertz CT molecular complexity index is 1090. The normalized spacial score (nSPS) is 18.5. The van der Waals surface area contributed by atoms with E-state index in [9.17, 15) is 18.0 Å². The Hall–Kier alpha value is -3.14. The topological polar surface area (TPSA) is 84.2 Å². The van der Waals surface area contributed by atoms with Crippen molar-refractivity contribution in [1.29, 1.82) is 0 Å². The zero-order valence-electron chi connectivity index (χ0n) is 18.0. The van der Waals surface area contributed by atoms with Gasteiger partial charge in [-0.2, -0.15) is 13.2 Å². The van der Waals surface area contributed by atoms with Gasteiger partial charge in [0, 0.05) is 30.5 Å². The van der Waals surface area contributed by atoms with Crippen molar-refractivity contribution in [3.63, 3.8) is 0 Å². The summed E-state index contributed by atoms with van der Waals surface area (Å²) in [5, 5.41) is 3.18. The Labute approximate surface area is 194 Å². The average Bonchev–Trinajstić information content (AvgIpc) is 3.29. The van der Waals surface area contributed by atoms with E-state index < -0.39 is 11.7 Å². The van der Waals surface area contributed by atoms with Gasteiger partial charge in [0.1, 0.15) is 17.8 Å². The molecule has 33 heavy (non-hydrogen) atoms. The Kier molecular flexibility index (Phi) is 7.26. The van der Waals surface area contributed by atoms with Gasteiger partial charge in [-0.15, -0.1) is 12.4 Å². The summed E-state index contributed by atoms with van der Waals surface area (Å²) < 4.78 is 43.7. The Balaban J connectivity index is 0.00000306. The molecule has 0 spiro atoms. The number of rotatable bonds is 4. The molecule has 1 amide bonds. The number of carbonyl (C=O) groups is 1. The third-order valence-electron chi connectivity index (χ3n) is 5.57. The van der Waals surface area contributed by atoms with E-state index >= 15 is 0 Å². The molecule has 4 rings (SSSR count). The first kappa shape index (κ1) is 24.5. The second-order valence-electron chi connectivity index (χ2n) is 7.75. The smallest absolute Gasteiger partial charge is 0.417 e.